The van der Waals surface area contributed by atoms with Crippen LogP contribution in [0.4, 0.5) is 4.79 Å². The summed E-state index contributed by atoms with van der Waals surface area (Å²) >= 11 is 5.17. The van der Waals surface area contributed by atoms with Gasteiger partial charge < -0.3 is 15.8 Å². The molecule has 0 aliphatic heterocycles. The van der Waals surface area contributed by atoms with E-state index in [1.54, 1.807) is 0 Å². The Kier molecular flexibility index (Phi) is 9.99. The molecule has 31 heavy (non-hydrogen) atoms. The van der Waals surface area contributed by atoms with Gasteiger partial charge in [-0.05, 0) is 56.7 Å². The molecule has 2 rings (SSSR count). The van der Waals surface area contributed by atoms with Crippen LogP contribution in [0.15, 0.2) is 48.5 Å². The number of ether oxygens (including phenoxy) is 1. The second-order valence-electron chi connectivity index (χ2n) is 8.91. The van der Waals surface area contributed by atoms with Crippen LogP contribution >= 0.6 is 12.2 Å². The Morgan fingerprint density at radius 1 is 0.935 bits per heavy atom. The van der Waals surface area contributed by atoms with Gasteiger partial charge in [0.15, 0.2) is 0 Å². The number of nitrogens with two attached hydrogens (primary N) is 1. The largest absolute Gasteiger partial charge is 0.444 e. The smallest absolute Gasteiger partial charge is 0.407 e. The van der Waals surface area contributed by atoms with Crippen molar-refractivity contribution in [3.05, 3.63) is 59.7 Å². The number of rotatable bonds is 11. The van der Waals surface area contributed by atoms with Gasteiger partial charge in [-0.1, -0.05) is 86.4 Å². The van der Waals surface area contributed by atoms with Crippen molar-refractivity contribution >= 4 is 23.3 Å². The van der Waals surface area contributed by atoms with E-state index in [0.29, 0.717) is 11.5 Å². The first kappa shape index (κ1) is 24.9. The zero-order valence-electron chi connectivity index (χ0n) is 19.1. The maximum atomic E-state index is 11.6. The topological polar surface area (TPSA) is 64.3 Å². The molecule has 0 spiro atoms. The number of hydrogen-bond acceptors (Lipinski definition) is 3. The average Bonchev–Trinajstić information content (AvgIpc) is 2.71. The van der Waals surface area contributed by atoms with Gasteiger partial charge in [-0.3, -0.25) is 0 Å². The van der Waals surface area contributed by atoms with Crippen LogP contribution in [0.25, 0.3) is 11.1 Å². The summed E-state index contributed by atoms with van der Waals surface area (Å²) in [6, 6.07) is 16.7. The van der Waals surface area contributed by atoms with Crippen molar-refractivity contribution in [1.82, 2.24) is 5.32 Å². The maximum Gasteiger partial charge on any atom is 0.407 e. The lowest BCUT2D eigenvalue weighted by Gasteiger charge is -2.19. The quantitative estimate of drug-likeness (QED) is 0.314. The van der Waals surface area contributed by atoms with Crippen LogP contribution in [0, 0.1) is 0 Å². The molecule has 1 amide bonds. The number of aryl methyl sites for hydroxylation is 1. The number of amides is 1. The van der Waals surface area contributed by atoms with Crippen molar-refractivity contribution in [1.29, 1.82) is 0 Å². The molecule has 0 saturated heterocycles. The maximum absolute atomic E-state index is 11.6. The monoisotopic (exact) mass is 440 g/mol. The highest BCUT2D eigenvalue weighted by molar-refractivity contribution is 7.80. The average molecular weight is 441 g/mol. The van der Waals surface area contributed by atoms with Gasteiger partial charge in [0.05, 0.1) is 0 Å². The van der Waals surface area contributed by atoms with Crippen LogP contribution in [0.3, 0.4) is 0 Å². The minimum absolute atomic E-state index is 0.326. The van der Waals surface area contributed by atoms with Gasteiger partial charge in [-0.2, -0.15) is 0 Å². The molecule has 0 aromatic heterocycles. The predicted octanol–water partition coefficient (Wildman–Crippen LogP) is 6.40. The van der Waals surface area contributed by atoms with Crippen LogP contribution in [-0.4, -0.2) is 23.2 Å². The molecule has 0 radical (unpaired) electrons. The van der Waals surface area contributed by atoms with Gasteiger partial charge in [0.25, 0.3) is 0 Å². The predicted molar refractivity (Wildman–Crippen MR) is 133 cm³/mol. The van der Waals surface area contributed by atoms with E-state index in [1.165, 1.54) is 31.2 Å². The lowest BCUT2D eigenvalue weighted by atomic mass is 9.97. The SMILES string of the molecule is CC(C)(C)OC(=O)NCCCCCCCCc1ccc(-c2ccccc2C(N)=S)cc1. The molecule has 3 N–H and O–H groups in total. The highest BCUT2D eigenvalue weighted by atomic mass is 32.1. The Bertz CT molecular complexity index is 841. The number of nitrogens with one attached hydrogen (secondary N) is 1. The molecule has 0 aliphatic rings. The van der Waals surface area contributed by atoms with E-state index in [-0.39, 0.29) is 6.09 Å². The molecule has 0 heterocycles. The number of unbranched alkanes of at least 4 members (excludes halogenated alkanes) is 5. The fourth-order valence-corrected chi connectivity index (χ4v) is 3.64. The molecule has 2 aromatic carbocycles. The third kappa shape index (κ3) is 9.52. The number of thiocarbonyl (C=S) groups is 1. The third-order valence-corrected chi connectivity index (χ3v) is 5.24. The fraction of sp³-hybridized carbons (Fsp3) is 0.462. The second kappa shape index (κ2) is 12.5. The summed E-state index contributed by atoms with van der Waals surface area (Å²) < 4.78 is 5.23. The summed E-state index contributed by atoms with van der Waals surface area (Å²) in [6.45, 7) is 6.30. The molecule has 168 valence electrons. The molecular weight excluding hydrogens is 404 g/mol. The number of hydrogen-bond donors (Lipinski definition) is 2. The number of alkyl carbamates (subject to hydrolysis) is 1. The molecule has 0 saturated carbocycles. The summed E-state index contributed by atoms with van der Waals surface area (Å²) in [7, 11) is 0. The molecular formula is C26H36N2O2S. The molecule has 0 bridgehead atoms. The Hall–Kier alpha value is -2.40. The van der Waals surface area contributed by atoms with Gasteiger partial charge in [0, 0.05) is 12.1 Å². The molecule has 4 nitrogen and oxygen atoms in total. The van der Waals surface area contributed by atoms with E-state index < -0.39 is 5.60 Å². The van der Waals surface area contributed by atoms with Gasteiger partial charge in [-0.15, -0.1) is 0 Å². The molecule has 2 aromatic rings. The van der Waals surface area contributed by atoms with Gasteiger partial charge in [0.1, 0.15) is 10.6 Å². The van der Waals surface area contributed by atoms with Crippen molar-refractivity contribution in [2.45, 2.75) is 71.3 Å². The Morgan fingerprint density at radius 3 is 2.19 bits per heavy atom. The Balaban J connectivity index is 1.60. The molecule has 5 heteroatoms. The van der Waals surface area contributed by atoms with Crippen LogP contribution in [-0.2, 0) is 11.2 Å². The van der Waals surface area contributed by atoms with Crippen molar-refractivity contribution in [2.24, 2.45) is 5.73 Å². The van der Waals surface area contributed by atoms with E-state index in [4.69, 9.17) is 22.7 Å². The lowest BCUT2D eigenvalue weighted by molar-refractivity contribution is 0.0527. The molecule has 0 aliphatic carbocycles. The van der Waals surface area contributed by atoms with Gasteiger partial charge in [0.2, 0.25) is 0 Å². The summed E-state index contributed by atoms with van der Waals surface area (Å²) in [5.41, 5.74) is 9.93. The van der Waals surface area contributed by atoms with E-state index >= 15 is 0 Å². The van der Waals surface area contributed by atoms with Gasteiger partial charge >= 0.3 is 6.09 Å². The van der Waals surface area contributed by atoms with Crippen molar-refractivity contribution in [3.8, 4) is 11.1 Å². The van der Waals surface area contributed by atoms with Crippen molar-refractivity contribution in [3.63, 3.8) is 0 Å². The highest BCUT2D eigenvalue weighted by Crippen LogP contribution is 2.24. The first-order chi connectivity index (χ1) is 14.8. The van der Waals surface area contributed by atoms with Crippen LogP contribution in [0.5, 0.6) is 0 Å². The Labute approximate surface area is 192 Å². The zero-order chi connectivity index (χ0) is 22.7. The molecule has 0 fully saturated rings. The van der Waals surface area contributed by atoms with Crippen molar-refractivity contribution in [2.75, 3.05) is 6.54 Å². The summed E-state index contributed by atoms with van der Waals surface area (Å²) in [5.74, 6) is 0. The minimum atomic E-state index is -0.438. The van der Waals surface area contributed by atoms with Crippen LogP contribution in [0.2, 0.25) is 0 Å². The number of carbonyl (C=O) groups excluding carboxylic acids is 1. The first-order valence-electron chi connectivity index (χ1n) is 11.2. The van der Waals surface area contributed by atoms with Crippen molar-refractivity contribution < 1.29 is 9.53 Å². The highest BCUT2D eigenvalue weighted by Gasteiger charge is 2.15. The van der Waals surface area contributed by atoms with Gasteiger partial charge in [-0.25, -0.2) is 4.79 Å². The number of benzene rings is 2. The lowest BCUT2D eigenvalue weighted by Crippen LogP contribution is -2.32. The van der Waals surface area contributed by atoms with Crippen LogP contribution in [0.1, 0.15) is 70.4 Å². The first-order valence-corrected chi connectivity index (χ1v) is 11.6. The van der Waals surface area contributed by atoms with E-state index in [0.717, 1.165) is 36.0 Å². The fourth-order valence-electron chi connectivity index (χ4n) is 3.47. The van der Waals surface area contributed by atoms with E-state index in [2.05, 4.69) is 35.6 Å². The number of carbonyl (C=O) groups is 1. The summed E-state index contributed by atoms with van der Waals surface area (Å²) in [6.07, 6.45) is 7.74. The summed E-state index contributed by atoms with van der Waals surface area (Å²) in [5, 5.41) is 2.81. The summed E-state index contributed by atoms with van der Waals surface area (Å²) in [4.78, 5) is 12.0. The Morgan fingerprint density at radius 2 is 1.55 bits per heavy atom. The second-order valence-corrected chi connectivity index (χ2v) is 9.35. The molecule has 0 atom stereocenters. The zero-order valence-corrected chi connectivity index (χ0v) is 19.9. The van der Waals surface area contributed by atoms with Crippen LogP contribution < -0.4 is 11.1 Å². The minimum Gasteiger partial charge on any atom is -0.444 e. The van der Waals surface area contributed by atoms with E-state index in [1.807, 2.05) is 39.0 Å². The molecule has 0 unspecified atom stereocenters. The van der Waals surface area contributed by atoms with E-state index in [9.17, 15) is 4.79 Å². The standard InChI is InChI=1S/C26H36N2O2S/c1-26(2,3)30-25(29)28-19-11-7-5-4-6-8-12-20-15-17-21(18-16-20)22-13-9-10-14-23(22)24(27)31/h9-10,13-18H,4-8,11-12,19H2,1-3H3,(H2,27,31)(H,28,29). The third-order valence-electron chi connectivity index (χ3n) is 5.02. The normalized spacial score (nSPS) is 11.2.